The van der Waals surface area contributed by atoms with Gasteiger partial charge >= 0.3 is 0 Å². The molecule has 0 aliphatic heterocycles. The number of allylic oxidation sites excluding steroid dienone is 2. The molecule has 116 valence electrons. The molecule has 1 aromatic carbocycles. The monoisotopic (exact) mass is 298 g/mol. The van der Waals surface area contributed by atoms with Gasteiger partial charge in [0.15, 0.2) is 0 Å². The van der Waals surface area contributed by atoms with E-state index < -0.39 is 0 Å². The van der Waals surface area contributed by atoms with E-state index in [-0.39, 0.29) is 18.4 Å². The normalized spacial score (nSPS) is 17.4. The molecule has 1 atom stereocenters. The van der Waals surface area contributed by atoms with Crippen molar-refractivity contribution in [3.8, 4) is 0 Å². The molecule has 1 aromatic rings. The van der Waals surface area contributed by atoms with E-state index in [1.807, 2.05) is 30.3 Å². The van der Waals surface area contributed by atoms with E-state index in [1.54, 1.807) is 6.08 Å². The van der Waals surface area contributed by atoms with Gasteiger partial charge < -0.3 is 10.6 Å². The standard InChI is InChI=1S/C18H22N2O2/c21-17(12-11-15-7-3-1-4-8-15)20-14-18(22)19-13-16-9-5-2-6-10-16/h1-5,7-8,11-12,16H,6,9-10,13-14H2,(H,19,22)(H,20,21)/b12-11+. The highest BCUT2D eigenvalue weighted by Crippen LogP contribution is 2.16. The summed E-state index contributed by atoms with van der Waals surface area (Å²) in [6.45, 7) is 0.694. The Morgan fingerprint density at radius 1 is 1.14 bits per heavy atom. The molecule has 1 aliphatic rings. The summed E-state index contributed by atoms with van der Waals surface area (Å²) in [5.74, 6) is 0.109. The lowest BCUT2D eigenvalue weighted by molar-refractivity contribution is -0.124. The van der Waals surface area contributed by atoms with Gasteiger partial charge in [-0.15, -0.1) is 0 Å². The lowest BCUT2D eigenvalue weighted by Gasteiger charge is -2.18. The molecule has 22 heavy (non-hydrogen) atoms. The highest BCUT2D eigenvalue weighted by Gasteiger charge is 2.11. The average molecular weight is 298 g/mol. The Bertz CT molecular complexity index is 549. The molecule has 0 heterocycles. The minimum Gasteiger partial charge on any atom is -0.354 e. The van der Waals surface area contributed by atoms with Crippen LogP contribution < -0.4 is 10.6 Å². The van der Waals surface area contributed by atoms with Gasteiger partial charge in [0, 0.05) is 12.6 Å². The van der Waals surface area contributed by atoms with Gasteiger partial charge in [-0.05, 0) is 36.8 Å². The number of rotatable bonds is 6. The molecule has 1 unspecified atom stereocenters. The van der Waals surface area contributed by atoms with Crippen LogP contribution in [0.15, 0.2) is 48.6 Å². The first-order chi connectivity index (χ1) is 10.7. The predicted octanol–water partition coefficient (Wildman–Crippen LogP) is 2.29. The fourth-order valence-corrected chi connectivity index (χ4v) is 2.32. The zero-order valence-corrected chi connectivity index (χ0v) is 12.6. The Kier molecular flexibility index (Phi) is 6.42. The fraction of sp³-hybridized carbons (Fsp3) is 0.333. The van der Waals surface area contributed by atoms with Crippen molar-refractivity contribution in [3.05, 3.63) is 54.1 Å². The van der Waals surface area contributed by atoms with Crippen molar-refractivity contribution >= 4 is 17.9 Å². The summed E-state index contributed by atoms with van der Waals surface area (Å²) in [6, 6.07) is 9.56. The fourth-order valence-electron chi connectivity index (χ4n) is 2.32. The quantitative estimate of drug-likeness (QED) is 0.625. The number of benzene rings is 1. The van der Waals surface area contributed by atoms with Crippen LogP contribution in [0.1, 0.15) is 24.8 Å². The molecule has 0 saturated carbocycles. The molecule has 0 saturated heterocycles. The SMILES string of the molecule is O=C(/C=C/c1ccccc1)NCC(=O)NCC1CC=CCC1. The van der Waals surface area contributed by atoms with Crippen molar-refractivity contribution in [2.45, 2.75) is 19.3 Å². The molecule has 2 amide bonds. The Labute approximate surface area is 131 Å². The largest absolute Gasteiger partial charge is 0.354 e. The van der Waals surface area contributed by atoms with Gasteiger partial charge in [-0.2, -0.15) is 0 Å². The Balaban J connectivity index is 1.64. The molecule has 4 heteroatoms. The molecule has 2 rings (SSSR count). The maximum atomic E-state index is 11.7. The van der Waals surface area contributed by atoms with Crippen LogP contribution in [-0.4, -0.2) is 24.9 Å². The van der Waals surface area contributed by atoms with Gasteiger partial charge in [0.2, 0.25) is 11.8 Å². The van der Waals surface area contributed by atoms with Crippen LogP contribution in [0, 0.1) is 5.92 Å². The van der Waals surface area contributed by atoms with Crippen molar-refractivity contribution in [3.63, 3.8) is 0 Å². The predicted molar refractivity (Wildman–Crippen MR) is 88.0 cm³/mol. The summed E-state index contributed by atoms with van der Waals surface area (Å²) in [4.78, 5) is 23.3. The van der Waals surface area contributed by atoms with Gasteiger partial charge in [0.25, 0.3) is 0 Å². The second-order valence-corrected chi connectivity index (χ2v) is 5.42. The summed E-state index contributed by atoms with van der Waals surface area (Å²) in [6.07, 6.45) is 10.7. The summed E-state index contributed by atoms with van der Waals surface area (Å²) < 4.78 is 0. The molecule has 0 radical (unpaired) electrons. The smallest absolute Gasteiger partial charge is 0.244 e. The molecular weight excluding hydrogens is 276 g/mol. The first-order valence-corrected chi connectivity index (χ1v) is 7.66. The van der Waals surface area contributed by atoms with Crippen molar-refractivity contribution in [1.29, 1.82) is 0 Å². The van der Waals surface area contributed by atoms with Crippen LogP contribution in [-0.2, 0) is 9.59 Å². The maximum absolute atomic E-state index is 11.7. The number of carbonyl (C=O) groups excluding carboxylic acids is 2. The first-order valence-electron chi connectivity index (χ1n) is 7.66. The Morgan fingerprint density at radius 3 is 2.68 bits per heavy atom. The van der Waals surface area contributed by atoms with Gasteiger partial charge in [0.1, 0.15) is 0 Å². The van der Waals surface area contributed by atoms with Crippen LogP contribution in [0.5, 0.6) is 0 Å². The number of carbonyl (C=O) groups is 2. The second kappa shape index (κ2) is 8.82. The lowest BCUT2D eigenvalue weighted by Crippen LogP contribution is -2.38. The van der Waals surface area contributed by atoms with Crippen molar-refractivity contribution in [2.75, 3.05) is 13.1 Å². The van der Waals surface area contributed by atoms with Gasteiger partial charge in [0.05, 0.1) is 6.54 Å². The van der Waals surface area contributed by atoms with E-state index >= 15 is 0 Å². The van der Waals surface area contributed by atoms with E-state index in [9.17, 15) is 9.59 Å². The third-order valence-electron chi connectivity index (χ3n) is 3.62. The third-order valence-corrected chi connectivity index (χ3v) is 3.62. The van der Waals surface area contributed by atoms with Gasteiger partial charge in [-0.25, -0.2) is 0 Å². The van der Waals surface area contributed by atoms with Crippen LogP contribution >= 0.6 is 0 Å². The van der Waals surface area contributed by atoms with Crippen molar-refractivity contribution in [2.24, 2.45) is 5.92 Å². The lowest BCUT2D eigenvalue weighted by atomic mass is 9.94. The molecule has 0 aromatic heterocycles. The van der Waals surface area contributed by atoms with Crippen molar-refractivity contribution < 1.29 is 9.59 Å². The second-order valence-electron chi connectivity index (χ2n) is 5.42. The zero-order valence-electron chi connectivity index (χ0n) is 12.6. The summed E-state index contributed by atoms with van der Waals surface area (Å²) >= 11 is 0. The molecule has 1 aliphatic carbocycles. The minimum atomic E-state index is -0.264. The van der Waals surface area contributed by atoms with E-state index in [4.69, 9.17) is 0 Å². The number of amides is 2. The highest BCUT2D eigenvalue weighted by molar-refractivity contribution is 5.94. The molecule has 2 N–H and O–H groups in total. The van der Waals surface area contributed by atoms with E-state index in [1.165, 1.54) is 6.08 Å². The number of hydrogen-bond donors (Lipinski definition) is 2. The third kappa shape index (κ3) is 5.95. The van der Waals surface area contributed by atoms with E-state index in [0.717, 1.165) is 24.8 Å². The summed E-state index contributed by atoms with van der Waals surface area (Å²) in [7, 11) is 0. The van der Waals surface area contributed by atoms with Crippen LogP contribution in [0.4, 0.5) is 0 Å². The number of hydrogen-bond acceptors (Lipinski definition) is 2. The van der Waals surface area contributed by atoms with Crippen LogP contribution in [0.3, 0.4) is 0 Å². The first kappa shape index (κ1) is 16.0. The Morgan fingerprint density at radius 2 is 1.95 bits per heavy atom. The van der Waals surface area contributed by atoms with E-state index in [0.29, 0.717) is 12.5 Å². The average Bonchev–Trinajstić information content (AvgIpc) is 2.58. The van der Waals surface area contributed by atoms with Gasteiger partial charge in [-0.1, -0.05) is 42.5 Å². The zero-order chi connectivity index (χ0) is 15.6. The molecular formula is C18H22N2O2. The minimum absolute atomic E-state index is 0.0144. The van der Waals surface area contributed by atoms with E-state index in [2.05, 4.69) is 22.8 Å². The van der Waals surface area contributed by atoms with Crippen molar-refractivity contribution in [1.82, 2.24) is 10.6 Å². The number of nitrogens with one attached hydrogen (secondary N) is 2. The topological polar surface area (TPSA) is 58.2 Å². The van der Waals surface area contributed by atoms with Crippen LogP contribution in [0.2, 0.25) is 0 Å². The molecule has 0 bridgehead atoms. The summed E-state index contributed by atoms with van der Waals surface area (Å²) in [5.41, 5.74) is 0.951. The molecule has 4 nitrogen and oxygen atoms in total. The molecule has 0 spiro atoms. The van der Waals surface area contributed by atoms with Crippen LogP contribution in [0.25, 0.3) is 6.08 Å². The molecule has 0 fully saturated rings. The maximum Gasteiger partial charge on any atom is 0.244 e. The van der Waals surface area contributed by atoms with Gasteiger partial charge in [-0.3, -0.25) is 9.59 Å². The highest BCUT2D eigenvalue weighted by atomic mass is 16.2. The Hall–Kier alpha value is -2.36. The summed E-state index contributed by atoms with van der Waals surface area (Å²) in [5, 5.41) is 5.46.